The Bertz CT molecular complexity index is 503. The van der Waals surface area contributed by atoms with Gasteiger partial charge in [-0.15, -0.1) is 0 Å². The summed E-state index contributed by atoms with van der Waals surface area (Å²) in [5.41, 5.74) is 2.39. The molecule has 1 fully saturated rings. The normalized spacial score (nSPS) is 18.8. The van der Waals surface area contributed by atoms with Gasteiger partial charge in [0.05, 0.1) is 6.61 Å². The molecule has 3 rings (SSSR count). The molecule has 6 heteroatoms. The summed E-state index contributed by atoms with van der Waals surface area (Å²) in [4.78, 5) is 11.9. The lowest BCUT2D eigenvalue weighted by atomic mass is 9.79. The number of urea groups is 1. The molecule has 1 heterocycles. The number of fused-ring (bicyclic) bond motifs is 1. The van der Waals surface area contributed by atoms with Crippen LogP contribution in [0.15, 0.2) is 18.2 Å². The summed E-state index contributed by atoms with van der Waals surface area (Å²) < 4.78 is 5.13. The van der Waals surface area contributed by atoms with E-state index in [1.807, 2.05) is 12.1 Å². The second kappa shape index (κ2) is 5.85. The van der Waals surface area contributed by atoms with Crippen molar-refractivity contribution in [2.75, 3.05) is 5.32 Å². The molecule has 20 heavy (non-hydrogen) atoms. The molecule has 1 saturated carbocycles. The molecule has 0 bridgehead atoms. The third-order valence-corrected chi connectivity index (χ3v) is 4.01. The zero-order valence-electron chi connectivity index (χ0n) is 11.4. The summed E-state index contributed by atoms with van der Waals surface area (Å²) in [6.45, 7) is 0.422. The Balaban J connectivity index is 1.60. The number of rotatable bonds is 2. The number of benzene rings is 1. The molecular weight excluding hydrogens is 255 g/mol. The van der Waals surface area contributed by atoms with E-state index in [0.29, 0.717) is 12.3 Å². The Morgan fingerprint density at radius 2 is 2.10 bits per heavy atom. The maximum atomic E-state index is 11.9. The zero-order valence-corrected chi connectivity index (χ0v) is 11.4. The minimum Gasteiger partial charge on any atom is -0.423 e. The van der Waals surface area contributed by atoms with E-state index in [-0.39, 0.29) is 12.1 Å². The highest BCUT2D eigenvalue weighted by molar-refractivity contribution is 6.61. The summed E-state index contributed by atoms with van der Waals surface area (Å²) in [6, 6.07) is 5.59. The highest BCUT2D eigenvalue weighted by atomic mass is 16.5. The van der Waals surface area contributed by atoms with Gasteiger partial charge in [-0.1, -0.05) is 25.3 Å². The topological polar surface area (TPSA) is 70.6 Å². The number of anilines is 1. The van der Waals surface area contributed by atoms with Crippen LogP contribution in [0.4, 0.5) is 10.5 Å². The van der Waals surface area contributed by atoms with Gasteiger partial charge < -0.3 is 20.3 Å². The van der Waals surface area contributed by atoms with Crippen LogP contribution in [0, 0.1) is 0 Å². The van der Waals surface area contributed by atoms with E-state index in [1.54, 1.807) is 6.07 Å². The molecule has 0 atom stereocenters. The van der Waals surface area contributed by atoms with Crippen molar-refractivity contribution in [3.05, 3.63) is 23.8 Å². The first kappa shape index (κ1) is 13.5. The molecule has 5 nitrogen and oxygen atoms in total. The van der Waals surface area contributed by atoms with Crippen LogP contribution >= 0.6 is 0 Å². The standard InChI is InChI=1S/C14H19BN2O3/c18-14(16-11-4-2-1-3-5-11)17-12-7-6-10-9-20-15(19)13(10)8-12/h6-8,11,19H,1-5,9H2,(H2,16,17,18). The number of hydrogen-bond donors (Lipinski definition) is 3. The van der Waals surface area contributed by atoms with Gasteiger partial charge in [0.1, 0.15) is 0 Å². The Morgan fingerprint density at radius 1 is 1.30 bits per heavy atom. The van der Waals surface area contributed by atoms with Crippen LogP contribution in [0.5, 0.6) is 0 Å². The van der Waals surface area contributed by atoms with Gasteiger partial charge in [-0.25, -0.2) is 4.79 Å². The minimum absolute atomic E-state index is 0.176. The maximum absolute atomic E-state index is 11.9. The van der Waals surface area contributed by atoms with E-state index in [0.717, 1.165) is 23.9 Å². The van der Waals surface area contributed by atoms with Crippen molar-refractivity contribution in [3.8, 4) is 0 Å². The molecule has 3 N–H and O–H groups in total. The number of carbonyl (C=O) groups excluding carboxylic acids is 1. The molecule has 2 amide bonds. The Kier molecular flexibility index (Phi) is 3.94. The van der Waals surface area contributed by atoms with Crippen LogP contribution < -0.4 is 16.1 Å². The summed E-state index contributed by atoms with van der Waals surface area (Å²) >= 11 is 0. The van der Waals surface area contributed by atoms with Crippen LogP contribution in [0.2, 0.25) is 0 Å². The van der Waals surface area contributed by atoms with Gasteiger partial charge in [0.15, 0.2) is 0 Å². The first-order valence-corrected chi connectivity index (χ1v) is 7.22. The van der Waals surface area contributed by atoms with Crippen LogP contribution in [0.1, 0.15) is 37.7 Å². The van der Waals surface area contributed by atoms with E-state index < -0.39 is 7.12 Å². The second-order valence-electron chi connectivity index (χ2n) is 5.51. The summed E-state index contributed by atoms with van der Waals surface area (Å²) in [7, 11) is -0.881. The van der Waals surface area contributed by atoms with Crippen LogP contribution in [-0.4, -0.2) is 24.2 Å². The molecule has 1 aliphatic carbocycles. The number of nitrogens with one attached hydrogen (secondary N) is 2. The molecule has 0 aromatic heterocycles. The molecule has 1 aromatic rings. The molecule has 2 aliphatic rings. The van der Waals surface area contributed by atoms with E-state index >= 15 is 0 Å². The van der Waals surface area contributed by atoms with E-state index in [9.17, 15) is 9.82 Å². The smallest absolute Gasteiger partial charge is 0.423 e. The first-order valence-electron chi connectivity index (χ1n) is 7.22. The van der Waals surface area contributed by atoms with Crippen molar-refractivity contribution >= 4 is 24.3 Å². The van der Waals surface area contributed by atoms with Gasteiger partial charge >= 0.3 is 13.1 Å². The maximum Gasteiger partial charge on any atom is 0.491 e. The molecule has 106 valence electrons. The van der Waals surface area contributed by atoms with Crippen molar-refractivity contribution in [1.82, 2.24) is 5.32 Å². The minimum atomic E-state index is -0.881. The average Bonchev–Trinajstić information content (AvgIpc) is 2.81. The SMILES string of the molecule is O=C(Nc1ccc2c(c1)B(O)OC2)NC1CCCCC1. The molecule has 1 aliphatic heterocycles. The van der Waals surface area contributed by atoms with Gasteiger partial charge in [0.25, 0.3) is 0 Å². The fraction of sp³-hybridized carbons (Fsp3) is 0.500. The monoisotopic (exact) mass is 274 g/mol. The fourth-order valence-corrected chi connectivity index (χ4v) is 2.89. The average molecular weight is 274 g/mol. The fourth-order valence-electron chi connectivity index (χ4n) is 2.89. The molecule has 0 unspecified atom stereocenters. The van der Waals surface area contributed by atoms with Crippen LogP contribution in [0.3, 0.4) is 0 Å². The highest BCUT2D eigenvalue weighted by Crippen LogP contribution is 2.18. The predicted octanol–water partition coefficient (Wildman–Crippen LogP) is 1.36. The van der Waals surface area contributed by atoms with Gasteiger partial charge in [0, 0.05) is 11.7 Å². The molecule has 0 spiro atoms. The summed E-state index contributed by atoms with van der Waals surface area (Å²) in [6.07, 6.45) is 5.76. The van der Waals surface area contributed by atoms with Crippen molar-refractivity contribution < 1.29 is 14.5 Å². The Labute approximate surface area is 118 Å². The van der Waals surface area contributed by atoms with Gasteiger partial charge in [0.2, 0.25) is 0 Å². The quantitative estimate of drug-likeness (QED) is 0.713. The summed E-state index contributed by atoms with van der Waals surface area (Å²) in [5.74, 6) is 0. The Morgan fingerprint density at radius 3 is 2.90 bits per heavy atom. The lowest BCUT2D eigenvalue weighted by Gasteiger charge is -2.22. The lowest BCUT2D eigenvalue weighted by Crippen LogP contribution is -2.39. The van der Waals surface area contributed by atoms with Crippen molar-refractivity contribution in [1.29, 1.82) is 0 Å². The number of amides is 2. The van der Waals surface area contributed by atoms with E-state index in [2.05, 4.69) is 10.6 Å². The number of hydrogen-bond acceptors (Lipinski definition) is 3. The van der Waals surface area contributed by atoms with Gasteiger partial charge in [-0.05, 0) is 36.0 Å². The van der Waals surface area contributed by atoms with Gasteiger partial charge in [-0.2, -0.15) is 0 Å². The van der Waals surface area contributed by atoms with Crippen LogP contribution in [-0.2, 0) is 11.3 Å². The van der Waals surface area contributed by atoms with Crippen molar-refractivity contribution in [3.63, 3.8) is 0 Å². The lowest BCUT2D eigenvalue weighted by molar-refractivity contribution is 0.244. The highest BCUT2D eigenvalue weighted by Gasteiger charge is 2.27. The third kappa shape index (κ3) is 2.97. The van der Waals surface area contributed by atoms with Crippen LogP contribution in [0.25, 0.3) is 0 Å². The second-order valence-corrected chi connectivity index (χ2v) is 5.51. The van der Waals surface area contributed by atoms with Crippen molar-refractivity contribution in [2.24, 2.45) is 0 Å². The third-order valence-electron chi connectivity index (χ3n) is 4.01. The predicted molar refractivity (Wildman–Crippen MR) is 77.9 cm³/mol. The number of carbonyl (C=O) groups is 1. The zero-order chi connectivity index (χ0) is 13.9. The Hall–Kier alpha value is -1.53. The van der Waals surface area contributed by atoms with E-state index in [1.165, 1.54) is 19.3 Å². The van der Waals surface area contributed by atoms with Crippen molar-refractivity contribution in [2.45, 2.75) is 44.8 Å². The summed E-state index contributed by atoms with van der Waals surface area (Å²) in [5, 5.41) is 15.5. The molecule has 1 aromatic carbocycles. The molecule has 0 radical (unpaired) electrons. The largest absolute Gasteiger partial charge is 0.491 e. The van der Waals surface area contributed by atoms with Gasteiger partial charge in [-0.3, -0.25) is 0 Å². The van der Waals surface area contributed by atoms with E-state index in [4.69, 9.17) is 4.65 Å². The first-order chi connectivity index (χ1) is 9.72. The molecular formula is C14H19BN2O3. The molecule has 0 saturated heterocycles.